The molecular formula is C14H16N2O2. The van der Waals surface area contributed by atoms with Crippen LogP contribution < -0.4 is 0 Å². The maximum Gasteiger partial charge on any atom is 0.321 e. The molecule has 94 valence electrons. The van der Waals surface area contributed by atoms with Gasteiger partial charge < -0.3 is 5.11 Å². The normalized spacial score (nSPS) is 20.8. The summed E-state index contributed by atoms with van der Waals surface area (Å²) < 4.78 is 0. The van der Waals surface area contributed by atoms with E-state index in [9.17, 15) is 9.90 Å². The Morgan fingerprint density at radius 2 is 2.22 bits per heavy atom. The molecule has 4 heteroatoms. The van der Waals surface area contributed by atoms with Crippen molar-refractivity contribution in [3.8, 4) is 6.07 Å². The summed E-state index contributed by atoms with van der Waals surface area (Å²) in [5.74, 6) is -0.849. The van der Waals surface area contributed by atoms with Crippen molar-refractivity contribution in [3.05, 3.63) is 35.4 Å². The summed E-state index contributed by atoms with van der Waals surface area (Å²) in [4.78, 5) is 13.2. The number of hydrogen-bond acceptors (Lipinski definition) is 3. The lowest BCUT2D eigenvalue weighted by atomic mass is 9.92. The van der Waals surface area contributed by atoms with Crippen molar-refractivity contribution in [1.82, 2.24) is 4.90 Å². The largest absolute Gasteiger partial charge is 0.480 e. The molecular weight excluding hydrogens is 228 g/mol. The molecule has 1 heterocycles. The van der Waals surface area contributed by atoms with Crippen LogP contribution in [0.25, 0.3) is 0 Å². The summed E-state index contributed by atoms with van der Waals surface area (Å²) in [7, 11) is 0. The fourth-order valence-electron chi connectivity index (χ4n) is 2.50. The van der Waals surface area contributed by atoms with Crippen LogP contribution in [-0.2, 0) is 17.8 Å². The first kappa shape index (κ1) is 12.6. The molecule has 0 aromatic heterocycles. The molecule has 0 saturated heterocycles. The average Bonchev–Trinajstić information content (AvgIpc) is 2.39. The number of rotatable bonds is 3. The maximum atomic E-state index is 11.4. The summed E-state index contributed by atoms with van der Waals surface area (Å²) in [5.41, 5.74) is 2.21. The lowest BCUT2D eigenvalue weighted by Gasteiger charge is -2.36. The standard InChI is InChI=1S/C14H16N2O2/c1-2-12(8-15)16-9-11-6-4-3-5-10(11)7-13(16)14(17)18/h3-6,12-13H,2,7,9H2,1H3,(H,17,18). The molecule has 0 saturated carbocycles. The van der Waals surface area contributed by atoms with Gasteiger partial charge in [-0.25, -0.2) is 0 Å². The molecule has 0 bridgehead atoms. The minimum Gasteiger partial charge on any atom is -0.480 e. The highest BCUT2D eigenvalue weighted by Crippen LogP contribution is 2.26. The van der Waals surface area contributed by atoms with Gasteiger partial charge in [-0.15, -0.1) is 0 Å². The molecule has 0 aliphatic carbocycles. The van der Waals surface area contributed by atoms with E-state index in [-0.39, 0.29) is 6.04 Å². The van der Waals surface area contributed by atoms with Gasteiger partial charge in [-0.1, -0.05) is 31.2 Å². The van der Waals surface area contributed by atoms with Crippen LogP contribution >= 0.6 is 0 Å². The highest BCUT2D eigenvalue weighted by atomic mass is 16.4. The number of carboxylic acid groups (broad SMARTS) is 1. The molecule has 4 nitrogen and oxygen atoms in total. The Labute approximate surface area is 106 Å². The molecule has 1 aromatic rings. The highest BCUT2D eigenvalue weighted by molar-refractivity contribution is 5.74. The lowest BCUT2D eigenvalue weighted by molar-refractivity contribution is -0.144. The van der Waals surface area contributed by atoms with Crippen LogP contribution in [0.15, 0.2) is 24.3 Å². The van der Waals surface area contributed by atoms with E-state index in [1.165, 1.54) is 0 Å². The van der Waals surface area contributed by atoms with Crippen molar-refractivity contribution in [2.45, 2.75) is 38.4 Å². The van der Waals surface area contributed by atoms with Crippen LogP contribution in [0.1, 0.15) is 24.5 Å². The molecule has 0 spiro atoms. The number of hydrogen-bond donors (Lipinski definition) is 1. The average molecular weight is 244 g/mol. The molecule has 1 aliphatic heterocycles. The van der Waals surface area contributed by atoms with Crippen molar-refractivity contribution in [3.63, 3.8) is 0 Å². The first-order valence-corrected chi connectivity index (χ1v) is 6.12. The Kier molecular flexibility index (Phi) is 3.63. The zero-order chi connectivity index (χ0) is 13.1. The molecule has 1 N–H and O–H groups in total. The number of fused-ring (bicyclic) bond motifs is 1. The number of nitrogens with zero attached hydrogens (tertiary/aromatic N) is 2. The summed E-state index contributed by atoms with van der Waals surface area (Å²) in [5, 5.41) is 18.5. The van der Waals surface area contributed by atoms with Crippen molar-refractivity contribution in [2.75, 3.05) is 0 Å². The number of nitriles is 1. The van der Waals surface area contributed by atoms with Gasteiger partial charge in [0.15, 0.2) is 0 Å². The van der Waals surface area contributed by atoms with Gasteiger partial charge in [-0.2, -0.15) is 5.26 Å². The fraction of sp³-hybridized carbons (Fsp3) is 0.429. The van der Waals surface area contributed by atoms with E-state index in [1.54, 1.807) is 4.90 Å². The van der Waals surface area contributed by atoms with E-state index in [0.29, 0.717) is 19.4 Å². The smallest absolute Gasteiger partial charge is 0.321 e. The van der Waals surface area contributed by atoms with Crippen LogP contribution in [-0.4, -0.2) is 28.1 Å². The van der Waals surface area contributed by atoms with Gasteiger partial charge in [0.1, 0.15) is 6.04 Å². The maximum absolute atomic E-state index is 11.4. The molecule has 0 radical (unpaired) electrons. The summed E-state index contributed by atoms with van der Waals surface area (Å²) in [6, 6.07) is 9.12. The summed E-state index contributed by atoms with van der Waals surface area (Å²) >= 11 is 0. The number of aliphatic carboxylic acids is 1. The third-order valence-corrected chi connectivity index (χ3v) is 3.51. The summed E-state index contributed by atoms with van der Waals surface area (Å²) in [6.45, 7) is 2.45. The minimum absolute atomic E-state index is 0.334. The SMILES string of the molecule is CCC(C#N)N1Cc2ccccc2CC1C(=O)O. The second-order valence-corrected chi connectivity index (χ2v) is 4.55. The van der Waals surface area contributed by atoms with E-state index in [4.69, 9.17) is 5.26 Å². The zero-order valence-corrected chi connectivity index (χ0v) is 10.3. The predicted octanol–water partition coefficient (Wildman–Crippen LogP) is 1.80. The van der Waals surface area contributed by atoms with Crippen LogP contribution in [0.4, 0.5) is 0 Å². The van der Waals surface area contributed by atoms with Gasteiger partial charge in [0.05, 0.1) is 12.1 Å². The molecule has 18 heavy (non-hydrogen) atoms. The summed E-state index contributed by atoms with van der Waals surface area (Å²) in [6.07, 6.45) is 1.12. The van der Waals surface area contributed by atoms with Crippen molar-refractivity contribution in [1.29, 1.82) is 5.26 Å². The predicted molar refractivity (Wildman–Crippen MR) is 66.8 cm³/mol. The molecule has 2 rings (SSSR count). The van der Waals surface area contributed by atoms with Crippen molar-refractivity contribution in [2.24, 2.45) is 0 Å². The molecule has 2 unspecified atom stereocenters. The van der Waals surface area contributed by atoms with Crippen LogP contribution in [0.5, 0.6) is 0 Å². The first-order valence-electron chi connectivity index (χ1n) is 6.12. The van der Waals surface area contributed by atoms with Crippen molar-refractivity contribution >= 4 is 5.97 Å². The topological polar surface area (TPSA) is 64.3 Å². The fourth-order valence-corrected chi connectivity index (χ4v) is 2.50. The molecule has 1 aliphatic rings. The van der Waals surface area contributed by atoms with Gasteiger partial charge >= 0.3 is 5.97 Å². The molecule has 0 amide bonds. The number of carboxylic acids is 1. The Balaban J connectivity index is 2.35. The monoisotopic (exact) mass is 244 g/mol. The minimum atomic E-state index is -0.849. The highest BCUT2D eigenvalue weighted by Gasteiger charge is 2.34. The first-order chi connectivity index (χ1) is 8.67. The van der Waals surface area contributed by atoms with Crippen molar-refractivity contribution < 1.29 is 9.90 Å². The van der Waals surface area contributed by atoms with Gasteiger partial charge in [0.2, 0.25) is 0 Å². The van der Waals surface area contributed by atoms with E-state index in [0.717, 1.165) is 11.1 Å². The Morgan fingerprint density at radius 3 is 2.78 bits per heavy atom. The van der Waals surface area contributed by atoms with Gasteiger partial charge in [-0.3, -0.25) is 9.69 Å². The van der Waals surface area contributed by atoms with E-state index in [1.807, 2.05) is 31.2 Å². The van der Waals surface area contributed by atoms with E-state index >= 15 is 0 Å². The number of benzene rings is 1. The lowest BCUT2D eigenvalue weighted by Crippen LogP contribution is -2.50. The van der Waals surface area contributed by atoms with Crippen LogP contribution in [0.2, 0.25) is 0 Å². The Morgan fingerprint density at radius 1 is 1.56 bits per heavy atom. The quantitative estimate of drug-likeness (QED) is 0.880. The van der Waals surface area contributed by atoms with Gasteiger partial charge in [0.25, 0.3) is 0 Å². The van der Waals surface area contributed by atoms with E-state index in [2.05, 4.69) is 6.07 Å². The third kappa shape index (κ3) is 2.22. The number of carbonyl (C=O) groups is 1. The second-order valence-electron chi connectivity index (χ2n) is 4.55. The Bertz CT molecular complexity index is 493. The zero-order valence-electron chi connectivity index (χ0n) is 10.3. The molecule has 2 atom stereocenters. The third-order valence-electron chi connectivity index (χ3n) is 3.51. The Hall–Kier alpha value is -1.86. The van der Waals surface area contributed by atoms with Gasteiger partial charge in [-0.05, 0) is 24.0 Å². The molecule has 0 fully saturated rings. The molecule has 1 aromatic carbocycles. The van der Waals surface area contributed by atoms with Crippen LogP contribution in [0.3, 0.4) is 0 Å². The van der Waals surface area contributed by atoms with E-state index < -0.39 is 12.0 Å². The van der Waals surface area contributed by atoms with Gasteiger partial charge in [0, 0.05) is 6.54 Å². The second kappa shape index (κ2) is 5.19. The van der Waals surface area contributed by atoms with Crippen LogP contribution in [0, 0.1) is 11.3 Å².